The third-order valence-electron chi connectivity index (χ3n) is 6.24. The fraction of sp³-hybridized carbons (Fsp3) is 0.214. The second-order valence-electron chi connectivity index (χ2n) is 8.66. The second-order valence-corrected chi connectivity index (χ2v) is 8.66. The maximum absolute atomic E-state index is 13.5. The van der Waals surface area contributed by atoms with Crippen molar-refractivity contribution in [2.24, 2.45) is 0 Å². The molecule has 2 heterocycles. The summed E-state index contributed by atoms with van der Waals surface area (Å²) in [5, 5.41) is 23.1. The Labute approximate surface area is 207 Å². The maximum Gasteiger partial charge on any atom is 0.229 e. The summed E-state index contributed by atoms with van der Waals surface area (Å²) in [5.41, 5.74) is 0.561. The smallest absolute Gasteiger partial charge is 0.229 e. The predicted octanol–water partition coefficient (Wildman–Crippen LogP) is 3.39. The first-order valence-corrected chi connectivity index (χ1v) is 11.8. The molecule has 0 atom stereocenters. The van der Waals surface area contributed by atoms with Crippen molar-refractivity contribution < 1.29 is 24.2 Å². The van der Waals surface area contributed by atoms with Crippen molar-refractivity contribution in [2.45, 2.75) is 0 Å². The summed E-state index contributed by atoms with van der Waals surface area (Å²) in [7, 11) is 0. The van der Waals surface area contributed by atoms with Gasteiger partial charge in [0.25, 0.3) is 0 Å². The van der Waals surface area contributed by atoms with Crippen molar-refractivity contribution in [3.05, 3.63) is 88.3 Å². The van der Waals surface area contributed by atoms with Crippen LogP contribution in [-0.4, -0.2) is 60.2 Å². The van der Waals surface area contributed by atoms with Crippen molar-refractivity contribution in [3.63, 3.8) is 0 Å². The number of hydrogen-bond donors (Lipinski definition) is 3. The monoisotopic (exact) mass is 486 g/mol. The first kappa shape index (κ1) is 23.6. The molecule has 1 aliphatic heterocycles. The van der Waals surface area contributed by atoms with Gasteiger partial charge in [-0.25, -0.2) is 0 Å². The van der Waals surface area contributed by atoms with E-state index in [1.807, 2.05) is 0 Å². The minimum Gasteiger partial charge on any atom is -0.508 e. The summed E-state index contributed by atoms with van der Waals surface area (Å²) >= 11 is 0. The van der Waals surface area contributed by atoms with Gasteiger partial charge in [0.1, 0.15) is 29.4 Å². The van der Waals surface area contributed by atoms with E-state index in [9.17, 15) is 19.8 Å². The molecule has 3 N–H and O–H groups in total. The molecule has 36 heavy (non-hydrogen) atoms. The van der Waals surface area contributed by atoms with Crippen molar-refractivity contribution in [1.82, 2.24) is 10.2 Å². The van der Waals surface area contributed by atoms with Gasteiger partial charge in [-0.3, -0.25) is 14.5 Å². The zero-order chi connectivity index (χ0) is 25.1. The normalized spacial score (nSPS) is 14.1. The Bertz CT molecular complexity index is 1440. The number of ether oxygens (including phenoxy) is 1. The number of piperazine rings is 1. The van der Waals surface area contributed by atoms with E-state index in [1.54, 1.807) is 36.4 Å². The van der Waals surface area contributed by atoms with Crippen molar-refractivity contribution in [3.8, 4) is 28.4 Å². The molecule has 1 saturated heterocycles. The number of nitrogens with one attached hydrogen (secondary N) is 1. The van der Waals surface area contributed by atoms with E-state index in [2.05, 4.69) is 10.2 Å². The Hall–Kier alpha value is -4.14. The highest BCUT2D eigenvalue weighted by molar-refractivity contribution is 6.11. The van der Waals surface area contributed by atoms with Crippen LogP contribution in [0.5, 0.6) is 17.2 Å². The molecule has 184 valence electrons. The zero-order valence-corrected chi connectivity index (χ0v) is 19.6. The molecule has 0 bridgehead atoms. The third-order valence-corrected chi connectivity index (χ3v) is 6.24. The summed E-state index contributed by atoms with van der Waals surface area (Å²) in [4.78, 5) is 29.3. The lowest BCUT2D eigenvalue weighted by Crippen LogP contribution is -2.44. The van der Waals surface area contributed by atoms with Crippen LogP contribution in [0.4, 0.5) is 0 Å². The van der Waals surface area contributed by atoms with Crippen LogP contribution in [0.2, 0.25) is 0 Å². The standard InChI is InChI=1S/C28H26N2O6/c31-20-5-1-18(2-6-20)25-27(34)23-10-7-21(32)17-24(23)36-28(25)26(33)19-3-8-22(9-4-19)35-16-15-30-13-11-29-12-14-30/h1-10,17,29,31-32H,11-16H2. The summed E-state index contributed by atoms with van der Waals surface area (Å²) in [6.07, 6.45) is 0. The van der Waals surface area contributed by atoms with E-state index in [0.717, 1.165) is 32.7 Å². The summed E-state index contributed by atoms with van der Waals surface area (Å²) in [6, 6.07) is 16.9. The van der Waals surface area contributed by atoms with E-state index >= 15 is 0 Å². The quantitative estimate of drug-likeness (QED) is 0.341. The molecule has 1 fully saturated rings. The Morgan fingerprint density at radius 1 is 0.944 bits per heavy atom. The SMILES string of the molecule is O=C(c1ccc(OCCN2CCNCC2)cc1)c1oc2cc(O)ccc2c(=O)c1-c1ccc(O)cc1. The molecule has 0 aliphatic carbocycles. The first-order valence-electron chi connectivity index (χ1n) is 11.8. The number of aromatic hydroxyl groups is 2. The molecule has 0 unspecified atom stereocenters. The van der Waals surface area contributed by atoms with Gasteiger partial charge in [0.05, 0.1) is 10.9 Å². The molecule has 0 amide bonds. The molecule has 8 nitrogen and oxygen atoms in total. The van der Waals surface area contributed by atoms with Gasteiger partial charge in [0.2, 0.25) is 11.2 Å². The molecule has 8 heteroatoms. The van der Waals surface area contributed by atoms with Crippen LogP contribution in [0.1, 0.15) is 16.1 Å². The van der Waals surface area contributed by atoms with Crippen LogP contribution in [0.25, 0.3) is 22.1 Å². The Morgan fingerprint density at radius 2 is 1.64 bits per heavy atom. The van der Waals surface area contributed by atoms with Crippen LogP contribution in [0, 0.1) is 0 Å². The van der Waals surface area contributed by atoms with Gasteiger partial charge in [-0.15, -0.1) is 0 Å². The lowest BCUT2D eigenvalue weighted by molar-refractivity contribution is 0.101. The lowest BCUT2D eigenvalue weighted by atomic mass is 9.97. The van der Waals surface area contributed by atoms with Gasteiger partial charge in [0, 0.05) is 44.4 Å². The number of benzene rings is 3. The van der Waals surface area contributed by atoms with E-state index in [0.29, 0.717) is 23.5 Å². The van der Waals surface area contributed by atoms with Crippen LogP contribution >= 0.6 is 0 Å². The van der Waals surface area contributed by atoms with Crippen molar-refractivity contribution >= 4 is 16.8 Å². The second kappa shape index (κ2) is 10.2. The van der Waals surface area contributed by atoms with Crippen LogP contribution in [-0.2, 0) is 0 Å². The number of fused-ring (bicyclic) bond motifs is 1. The van der Waals surface area contributed by atoms with Gasteiger partial charge in [-0.1, -0.05) is 12.1 Å². The minimum atomic E-state index is -0.479. The van der Waals surface area contributed by atoms with Gasteiger partial charge >= 0.3 is 0 Å². The van der Waals surface area contributed by atoms with Crippen molar-refractivity contribution in [1.29, 1.82) is 0 Å². The molecular weight excluding hydrogens is 460 g/mol. The van der Waals surface area contributed by atoms with Gasteiger partial charge in [-0.2, -0.15) is 0 Å². The number of ketones is 1. The highest BCUT2D eigenvalue weighted by Gasteiger charge is 2.23. The van der Waals surface area contributed by atoms with Crippen LogP contribution in [0.15, 0.2) is 75.9 Å². The summed E-state index contributed by atoms with van der Waals surface area (Å²) in [5.74, 6) is -0.0210. The third kappa shape index (κ3) is 4.95. The van der Waals surface area contributed by atoms with E-state index in [1.165, 1.54) is 30.3 Å². The molecular formula is C28H26N2O6. The minimum absolute atomic E-state index is 0.0364. The predicted molar refractivity (Wildman–Crippen MR) is 136 cm³/mol. The fourth-order valence-electron chi connectivity index (χ4n) is 4.29. The van der Waals surface area contributed by atoms with Gasteiger partial charge < -0.3 is 24.7 Å². The Kier molecular flexibility index (Phi) is 6.71. The average molecular weight is 487 g/mol. The van der Waals surface area contributed by atoms with Crippen molar-refractivity contribution in [2.75, 3.05) is 39.3 Å². The number of phenolic OH excluding ortho intramolecular Hbond substituents is 2. The number of phenols is 2. The fourth-order valence-corrected chi connectivity index (χ4v) is 4.29. The lowest BCUT2D eigenvalue weighted by Gasteiger charge is -2.26. The van der Waals surface area contributed by atoms with E-state index in [4.69, 9.17) is 9.15 Å². The first-order chi connectivity index (χ1) is 17.5. The molecule has 1 aromatic heterocycles. The molecule has 0 spiro atoms. The number of rotatable bonds is 7. The van der Waals surface area contributed by atoms with Crippen LogP contribution in [0.3, 0.4) is 0 Å². The average Bonchev–Trinajstić information content (AvgIpc) is 2.90. The Morgan fingerprint density at radius 3 is 2.36 bits per heavy atom. The summed E-state index contributed by atoms with van der Waals surface area (Å²) < 4.78 is 11.7. The number of nitrogens with zero attached hydrogens (tertiary/aromatic N) is 1. The molecule has 1 aliphatic rings. The van der Waals surface area contributed by atoms with Gasteiger partial charge in [-0.05, 0) is 54.1 Å². The zero-order valence-electron chi connectivity index (χ0n) is 19.6. The maximum atomic E-state index is 13.5. The molecule has 5 rings (SSSR count). The largest absolute Gasteiger partial charge is 0.508 e. The summed E-state index contributed by atoms with van der Waals surface area (Å²) in [6.45, 7) is 5.32. The molecule has 0 saturated carbocycles. The molecule has 3 aromatic carbocycles. The molecule has 0 radical (unpaired) electrons. The van der Waals surface area contributed by atoms with E-state index in [-0.39, 0.29) is 33.8 Å². The van der Waals surface area contributed by atoms with Gasteiger partial charge in [0.15, 0.2) is 5.76 Å². The highest BCUT2D eigenvalue weighted by atomic mass is 16.5. The Balaban J connectivity index is 1.44. The highest BCUT2D eigenvalue weighted by Crippen LogP contribution is 2.29. The van der Waals surface area contributed by atoms with E-state index < -0.39 is 11.2 Å². The molecule has 4 aromatic rings. The number of hydrogen-bond acceptors (Lipinski definition) is 8. The topological polar surface area (TPSA) is 112 Å². The van der Waals surface area contributed by atoms with Crippen LogP contribution < -0.4 is 15.5 Å². The number of carbonyl (C=O) groups excluding carboxylic acids is 1. The number of carbonyl (C=O) groups is 1.